The Morgan fingerprint density at radius 2 is 1.75 bits per heavy atom. The molecule has 1 aromatic carbocycles. The van der Waals surface area contributed by atoms with Crippen molar-refractivity contribution in [1.29, 1.82) is 0 Å². The SMILES string of the molecule is CC(C)N[C@@H](C(=O)N1CCN(C2=N[C@@H](C)[C@H](c3ccccc3)O2)C[C@H]1C(=O)NCc1cccs1)[C@H]1CC[C@H](NC(C)C)CC1. The Kier molecular flexibility index (Phi) is 11.0. The molecule has 3 aliphatic rings. The van der Waals surface area contributed by atoms with Gasteiger partial charge >= 0.3 is 0 Å². The molecular formula is C34H50N6O3S. The predicted molar refractivity (Wildman–Crippen MR) is 176 cm³/mol. The molecule has 1 aliphatic carbocycles. The summed E-state index contributed by atoms with van der Waals surface area (Å²) in [5.74, 6) is 0.119. The lowest BCUT2D eigenvalue weighted by Crippen LogP contribution is -2.65. The van der Waals surface area contributed by atoms with Gasteiger partial charge in [-0.3, -0.25) is 9.59 Å². The van der Waals surface area contributed by atoms with Crippen LogP contribution in [0, 0.1) is 5.92 Å². The average Bonchev–Trinajstić information content (AvgIpc) is 3.68. The van der Waals surface area contributed by atoms with Gasteiger partial charge in [-0.15, -0.1) is 11.3 Å². The highest BCUT2D eigenvalue weighted by molar-refractivity contribution is 7.09. The number of hydrogen-bond acceptors (Lipinski definition) is 8. The molecule has 0 unspecified atom stereocenters. The number of aliphatic imine (C=N–C) groups is 1. The van der Waals surface area contributed by atoms with Crippen LogP contribution in [0.15, 0.2) is 52.8 Å². The predicted octanol–water partition coefficient (Wildman–Crippen LogP) is 4.32. The number of rotatable bonds is 10. The Hall–Kier alpha value is -2.95. The summed E-state index contributed by atoms with van der Waals surface area (Å²) in [6.07, 6.45) is 3.92. The van der Waals surface area contributed by atoms with Crippen molar-refractivity contribution in [3.05, 3.63) is 58.3 Å². The van der Waals surface area contributed by atoms with Gasteiger partial charge in [0.15, 0.2) is 0 Å². The largest absolute Gasteiger partial charge is 0.455 e. The van der Waals surface area contributed by atoms with Gasteiger partial charge in [0.25, 0.3) is 6.02 Å². The summed E-state index contributed by atoms with van der Waals surface area (Å²) in [6.45, 7) is 12.4. The first-order chi connectivity index (χ1) is 21.2. The third-order valence-electron chi connectivity index (χ3n) is 8.96. The summed E-state index contributed by atoms with van der Waals surface area (Å²) in [5, 5.41) is 12.4. The number of nitrogens with zero attached hydrogens (tertiary/aromatic N) is 3. The van der Waals surface area contributed by atoms with Gasteiger partial charge in [0.1, 0.15) is 12.1 Å². The van der Waals surface area contributed by atoms with Gasteiger partial charge in [-0.2, -0.15) is 0 Å². The monoisotopic (exact) mass is 622 g/mol. The number of amides is 2. The van der Waals surface area contributed by atoms with Crippen LogP contribution in [0.5, 0.6) is 0 Å². The van der Waals surface area contributed by atoms with Crippen LogP contribution >= 0.6 is 11.3 Å². The van der Waals surface area contributed by atoms with E-state index in [4.69, 9.17) is 9.73 Å². The molecule has 1 saturated carbocycles. The zero-order valence-electron chi connectivity index (χ0n) is 26.9. The van der Waals surface area contributed by atoms with Crippen LogP contribution in [0.2, 0.25) is 0 Å². The van der Waals surface area contributed by atoms with Crippen LogP contribution in [0.1, 0.15) is 76.8 Å². The molecular weight excluding hydrogens is 572 g/mol. The topological polar surface area (TPSA) is 98.3 Å². The normalized spacial score (nSPS) is 26.4. The Morgan fingerprint density at radius 3 is 2.41 bits per heavy atom. The fourth-order valence-electron chi connectivity index (χ4n) is 6.82. The van der Waals surface area contributed by atoms with E-state index in [2.05, 4.69) is 62.7 Å². The molecule has 44 heavy (non-hydrogen) atoms. The first kappa shape index (κ1) is 32.4. The summed E-state index contributed by atoms with van der Waals surface area (Å²) in [7, 11) is 0. The number of ether oxygens (including phenoxy) is 1. The average molecular weight is 623 g/mol. The third-order valence-corrected chi connectivity index (χ3v) is 9.83. The maximum Gasteiger partial charge on any atom is 0.288 e. The van der Waals surface area contributed by atoms with Crippen molar-refractivity contribution in [3.8, 4) is 0 Å². The van der Waals surface area contributed by atoms with Crippen molar-refractivity contribution < 1.29 is 14.3 Å². The minimum atomic E-state index is -0.649. The van der Waals surface area contributed by atoms with E-state index in [1.807, 2.05) is 45.5 Å². The van der Waals surface area contributed by atoms with Gasteiger partial charge in [0.2, 0.25) is 11.8 Å². The van der Waals surface area contributed by atoms with E-state index in [9.17, 15) is 9.59 Å². The lowest BCUT2D eigenvalue weighted by atomic mass is 9.80. The zero-order valence-corrected chi connectivity index (χ0v) is 27.7. The molecule has 5 rings (SSSR count). The van der Waals surface area contributed by atoms with Crippen molar-refractivity contribution in [2.75, 3.05) is 19.6 Å². The quantitative estimate of drug-likeness (QED) is 0.365. The second kappa shape index (κ2) is 14.9. The fraction of sp³-hybridized carbons (Fsp3) is 0.618. The molecule has 2 aromatic rings. The second-order valence-corrected chi connectivity index (χ2v) is 14.2. The number of amidine groups is 1. The summed E-state index contributed by atoms with van der Waals surface area (Å²) < 4.78 is 6.40. The zero-order chi connectivity index (χ0) is 31.2. The van der Waals surface area contributed by atoms with E-state index in [0.29, 0.717) is 44.3 Å². The van der Waals surface area contributed by atoms with Crippen molar-refractivity contribution in [2.45, 2.75) is 109 Å². The third kappa shape index (κ3) is 8.00. The van der Waals surface area contributed by atoms with E-state index >= 15 is 0 Å². The van der Waals surface area contributed by atoms with Gasteiger partial charge in [-0.1, -0.05) is 64.1 Å². The summed E-state index contributed by atoms with van der Waals surface area (Å²) >= 11 is 1.61. The molecule has 0 spiro atoms. The van der Waals surface area contributed by atoms with E-state index in [1.165, 1.54) is 0 Å². The number of carbonyl (C=O) groups excluding carboxylic acids is 2. The van der Waals surface area contributed by atoms with Crippen LogP contribution < -0.4 is 16.0 Å². The van der Waals surface area contributed by atoms with E-state index in [0.717, 1.165) is 36.1 Å². The Morgan fingerprint density at radius 1 is 1.00 bits per heavy atom. The molecule has 3 N–H and O–H groups in total. The maximum atomic E-state index is 14.4. The molecule has 1 saturated heterocycles. The van der Waals surface area contributed by atoms with E-state index in [-0.39, 0.29) is 42.0 Å². The summed E-state index contributed by atoms with van der Waals surface area (Å²) in [4.78, 5) is 38.1. The molecule has 0 bridgehead atoms. The first-order valence-electron chi connectivity index (χ1n) is 16.4. The Balaban J connectivity index is 1.32. The highest BCUT2D eigenvalue weighted by Gasteiger charge is 2.43. The number of benzene rings is 1. The number of thiophene rings is 1. The van der Waals surface area contributed by atoms with Crippen LogP contribution in [-0.4, -0.2) is 83.5 Å². The molecule has 4 atom stereocenters. The lowest BCUT2D eigenvalue weighted by Gasteiger charge is -2.44. The molecule has 240 valence electrons. The smallest absolute Gasteiger partial charge is 0.288 e. The van der Waals surface area contributed by atoms with Gasteiger partial charge < -0.3 is 30.5 Å². The summed E-state index contributed by atoms with van der Waals surface area (Å²) in [6, 6.07) is 14.8. The lowest BCUT2D eigenvalue weighted by molar-refractivity contribution is -0.146. The van der Waals surface area contributed by atoms with Gasteiger partial charge in [-0.25, -0.2) is 4.99 Å². The van der Waals surface area contributed by atoms with Crippen molar-refractivity contribution in [2.24, 2.45) is 10.9 Å². The molecule has 9 nitrogen and oxygen atoms in total. The van der Waals surface area contributed by atoms with Crippen LogP contribution in [0.4, 0.5) is 0 Å². The minimum Gasteiger partial charge on any atom is -0.455 e. The van der Waals surface area contributed by atoms with E-state index in [1.54, 1.807) is 11.3 Å². The highest BCUT2D eigenvalue weighted by atomic mass is 32.1. The maximum absolute atomic E-state index is 14.4. The molecule has 0 radical (unpaired) electrons. The molecule has 3 heterocycles. The molecule has 2 amide bonds. The number of nitrogens with one attached hydrogen (secondary N) is 3. The number of piperazine rings is 1. The molecule has 1 aromatic heterocycles. The first-order valence-corrected chi connectivity index (χ1v) is 17.2. The van der Waals surface area contributed by atoms with E-state index < -0.39 is 6.04 Å². The van der Waals surface area contributed by atoms with Gasteiger partial charge in [0, 0.05) is 36.1 Å². The molecule has 2 aliphatic heterocycles. The van der Waals surface area contributed by atoms with Crippen LogP contribution in [0.25, 0.3) is 0 Å². The number of hydrogen-bond donors (Lipinski definition) is 3. The van der Waals surface area contributed by atoms with Gasteiger partial charge in [0.05, 0.1) is 25.2 Å². The Bertz CT molecular complexity index is 1240. The minimum absolute atomic E-state index is 0.0275. The molecule has 2 fully saturated rings. The molecule has 10 heteroatoms. The Labute approximate surface area is 266 Å². The second-order valence-electron chi connectivity index (χ2n) is 13.1. The van der Waals surface area contributed by atoms with Crippen molar-refractivity contribution >= 4 is 29.2 Å². The van der Waals surface area contributed by atoms with Crippen molar-refractivity contribution in [3.63, 3.8) is 0 Å². The summed E-state index contributed by atoms with van der Waals surface area (Å²) in [5.41, 5.74) is 1.08. The van der Waals surface area contributed by atoms with Crippen LogP contribution in [0.3, 0.4) is 0 Å². The van der Waals surface area contributed by atoms with Crippen molar-refractivity contribution in [1.82, 2.24) is 25.8 Å². The van der Waals surface area contributed by atoms with Gasteiger partial charge in [-0.05, 0) is 55.5 Å². The standard InChI is InChI=1S/C34H50N6O3S/c1-22(2)36-27-15-13-25(14-16-27)30(37-23(3)4)33(42)40-18-17-39(21-29(40)32(41)35-20-28-12-9-19-44-28)34-38-24(5)31(43-34)26-10-7-6-8-11-26/h6-12,19,22-25,27,29-31,36-37H,13-18,20-21H2,1-5H3,(H,35,41)/t24-,25-,27-,29-,30+,31+/m0/s1. The van der Waals surface area contributed by atoms with Crippen LogP contribution in [-0.2, 0) is 20.9 Å². The highest BCUT2D eigenvalue weighted by Crippen LogP contribution is 2.32. The fourth-order valence-corrected chi connectivity index (χ4v) is 7.46. The number of carbonyl (C=O) groups is 2.